The molecule has 0 aromatic carbocycles. The molecule has 7 nitrogen and oxygen atoms in total. The van der Waals surface area contributed by atoms with Crippen molar-refractivity contribution in [1.82, 2.24) is 24.6 Å². The Morgan fingerprint density at radius 2 is 2.15 bits per heavy atom. The summed E-state index contributed by atoms with van der Waals surface area (Å²) in [6, 6.07) is 2.85. The molecular formula is C18H28N6OS. The van der Waals surface area contributed by atoms with Crippen LogP contribution < -0.4 is 0 Å². The number of H-pyrrole nitrogens is 1. The number of nitrogens with one attached hydrogen (secondary N) is 1. The summed E-state index contributed by atoms with van der Waals surface area (Å²) in [5.74, 6) is 2.88. The Hall–Kier alpha value is -1.67. The van der Waals surface area contributed by atoms with E-state index < -0.39 is 0 Å². The third-order valence-corrected chi connectivity index (χ3v) is 6.66. The minimum atomic E-state index is 0.209. The maximum atomic E-state index is 12.6. The summed E-state index contributed by atoms with van der Waals surface area (Å²) in [6.07, 6.45) is 6.15. The summed E-state index contributed by atoms with van der Waals surface area (Å²) < 4.78 is 0. The van der Waals surface area contributed by atoms with Crippen molar-refractivity contribution in [2.45, 2.75) is 32.0 Å². The molecule has 26 heavy (non-hydrogen) atoms. The number of amides is 2. The van der Waals surface area contributed by atoms with Gasteiger partial charge in [-0.25, -0.2) is 9.79 Å². The van der Waals surface area contributed by atoms with Crippen LogP contribution in [0.25, 0.3) is 0 Å². The molecule has 1 atom stereocenters. The highest BCUT2D eigenvalue weighted by Crippen LogP contribution is 2.36. The average Bonchev–Trinajstić information content (AvgIpc) is 3.35. The minimum absolute atomic E-state index is 0.209. The van der Waals surface area contributed by atoms with Gasteiger partial charge in [-0.3, -0.25) is 4.90 Å². The molecular weight excluding hydrogens is 348 g/mol. The first-order valence-corrected chi connectivity index (χ1v) is 10.6. The van der Waals surface area contributed by atoms with Crippen molar-refractivity contribution < 1.29 is 4.79 Å². The lowest BCUT2D eigenvalue weighted by Gasteiger charge is -2.45. The average molecular weight is 377 g/mol. The van der Waals surface area contributed by atoms with Gasteiger partial charge in [0.1, 0.15) is 12.0 Å². The van der Waals surface area contributed by atoms with Gasteiger partial charge in [0.25, 0.3) is 0 Å². The Labute approximate surface area is 159 Å². The molecule has 1 unspecified atom stereocenters. The summed E-state index contributed by atoms with van der Waals surface area (Å²) in [5, 5.41) is 0. The maximum Gasteiger partial charge on any atom is 0.320 e. The summed E-state index contributed by atoms with van der Waals surface area (Å²) in [5.41, 5.74) is 1.24. The predicted octanol–water partition coefficient (Wildman–Crippen LogP) is 2.53. The van der Waals surface area contributed by atoms with Gasteiger partial charge in [-0.1, -0.05) is 6.92 Å². The molecule has 4 heterocycles. The molecule has 142 valence electrons. The van der Waals surface area contributed by atoms with Crippen LogP contribution in [0.5, 0.6) is 0 Å². The van der Waals surface area contributed by atoms with Gasteiger partial charge < -0.3 is 19.7 Å². The van der Waals surface area contributed by atoms with Gasteiger partial charge in [-0.2, -0.15) is 0 Å². The Balaban J connectivity index is 1.43. The lowest BCUT2D eigenvalue weighted by atomic mass is 10.0. The number of hydrogen-bond donors (Lipinski definition) is 1. The Morgan fingerprint density at radius 3 is 2.85 bits per heavy atom. The maximum absolute atomic E-state index is 12.6. The molecule has 1 aromatic heterocycles. The van der Waals surface area contributed by atoms with Crippen molar-refractivity contribution >= 4 is 29.9 Å². The monoisotopic (exact) mass is 376 g/mol. The topological polar surface area (TPSA) is 58.2 Å². The zero-order valence-electron chi connectivity index (χ0n) is 15.6. The number of aliphatic imine (C=N–C) groups is 1. The zero-order chi connectivity index (χ0) is 18.1. The number of carbonyl (C=O) groups excluding carboxylic acids is 1. The summed E-state index contributed by atoms with van der Waals surface area (Å²) in [6.45, 7) is 5.81. The van der Waals surface area contributed by atoms with E-state index in [0.29, 0.717) is 6.04 Å². The summed E-state index contributed by atoms with van der Waals surface area (Å²) in [7, 11) is 2.09. The molecule has 2 fully saturated rings. The van der Waals surface area contributed by atoms with Crippen molar-refractivity contribution in [3.05, 3.63) is 17.8 Å². The van der Waals surface area contributed by atoms with Gasteiger partial charge >= 0.3 is 6.03 Å². The number of hydrogen-bond acceptors (Lipinski definition) is 5. The number of rotatable bonds is 3. The molecule has 1 N–H and O–H groups in total. The third-order valence-electron chi connectivity index (χ3n) is 5.70. The van der Waals surface area contributed by atoms with Gasteiger partial charge in [0.15, 0.2) is 0 Å². The fraction of sp³-hybridized carbons (Fsp3) is 0.667. The van der Waals surface area contributed by atoms with Crippen LogP contribution in [0.3, 0.4) is 0 Å². The number of aromatic amines is 1. The SMILES string of the molecule is CCN(C1CCN(C(=O)N2CCSC2)CC1)C1c2cc[nH]c2N=CN1C. The molecule has 1 aromatic rings. The highest BCUT2D eigenvalue weighted by atomic mass is 32.2. The molecule has 0 spiro atoms. The first-order valence-electron chi connectivity index (χ1n) is 9.49. The molecule has 0 radical (unpaired) electrons. The number of piperidine rings is 1. The molecule has 2 amide bonds. The third kappa shape index (κ3) is 3.20. The van der Waals surface area contributed by atoms with E-state index in [1.54, 1.807) is 0 Å². The largest absolute Gasteiger partial charge is 0.346 e. The molecule has 3 aliphatic rings. The van der Waals surface area contributed by atoms with E-state index in [4.69, 9.17) is 0 Å². The molecule has 0 saturated carbocycles. The Bertz CT molecular complexity index is 662. The molecule has 2 saturated heterocycles. The van der Waals surface area contributed by atoms with Gasteiger partial charge in [0, 0.05) is 50.2 Å². The van der Waals surface area contributed by atoms with Gasteiger partial charge in [-0.05, 0) is 25.5 Å². The van der Waals surface area contributed by atoms with Crippen LogP contribution in [0.1, 0.15) is 31.5 Å². The Morgan fingerprint density at radius 1 is 1.35 bits per heavy atom. The van der Waals surface area contributed by atoms with Crippen molar-refractivity contribution in [2.24, 2.45) is 4.99 Å². The number of fused-ring (bicyclic) bond motifs is 1. The molecule has 3 aliphatic heterocycles. The van der Waals surface area contributed by atoms with E-state index >= 15 is 0 Å². The lowest BCUT2D eigenvalue weighted by Crippen LogP contribution is -2.52. The van der Waals surface area contributed by atoms with Crippen LogP contribution in [-0.2, 0) is 0 Å². The number of thioether (sulfide) groups is 1. The first-order chi connectivity index (χ1) is 12.7. The van der Waals surface area contributed by atoms with Gasteiger partial charge in [0.05, 0.1) is 12.2 Å². The number of likely N-dealkylation sites (tertiary alicyclic amines) is 1. The van der Waals surface area contributed by atoms with E-state index in [1.807, 2.05) is 34.1 Å². The van der Waals surface area contributed by atoms with Crippen LogP contribution >= 0.6 is 11.8 Å². The summed E-state index contributed by atoms with van der Waals surface area (Å²) in [4.78, 5) is 29.1. The molecule has 4 rings (SSSR count). The van der Waals surface area contributed by atoms with Crippen molar-refractivity contribution in [3.63, 3.8) is 0 Å². The van der Waals surface area contributed by atoms with Crippen LogP contribution in [0, 0.1) is 0 Å². The van der Waals surface area contributed by atoms with Crippen LogP contribution in [-0.4, -0.2) is 87.9 Å². The van der Waals surface area contributed by atoms with Crippen LogP contribution in [0.2, 0.25) is 0 Å². The molecule has 0 bridgehead atoms. The predicted molar refractivity (Wildman–Crippen MR) is 106 cm³/mol. The van der Waals surface area contributed by atoms with Crippen molar-refractivity contribution in [3.8, 4) is 0 Å². The molecule has 0 aliphatic carbocycles. The van der Waals surface area contributed by atoms with E-state index in [2.05, 4.69) is 39.8 Å². The van der Waals surface area contributed by atoms with E-state index in [1.165, 1.54) is 5.56 Å². The fourth-order valence-electron chi connectivity index (χ4n) is 4.32. The number of carbonyl (C=O) groups is 1. The summed E-state index contributed by atoms with van der Waals surface area (Å²) >= 11 is 1.85. The minimum Gasteiger partial charge on any atom is -0.346 e. The second kappa shape index (κ2) is 7.52. The highest BCUT2D eigenvalue weighted by molar-refractivity contribution is 7.99. The number of aromatic nitrogens is 1. The smallest absolute Gasteiger partial charge is 0.320 e. The number of urea groups is 1. The number of nitrogens with zero attached hydrogens (tertiary/aromatic N) is 5. The van der Waals surface area contributed by atoms with Crippen molar-refractivity contribution in [1.29, 1.82) is 0 Å². The van der Waals surface area contributed by atoms with Crippen molar-refractivity contribution in [2.75, 3.05) is 44.9 Å². The quantitative estimate of drug-likeness (QED) is 0.881. The highest BCUT2D eigenvalue weighted by Gasteiger charge is 2.35. The van der Waals surface area contributed by atoms with Gasteiger partial charge in [-0.15, -0.1) is 11.8 Å². The fourth-order valence-corrected chi connectivity index (χ4v) is 5.26. The first kappa shape index (κ1) is 17.7. The second-order valence-corrected chi connectivity index (χ2v) is 8.27. The zero-order valence-corrected chi connectivity index (χ0v) is 16.4. The normalized spacial score (nSPS) is 23.8. The lowest BCUT2D eigenvalue weighted by molar-refractivity contribution is 0.0356. The second-order valence-electron chi connectivity index (χ2n) is 7.20. The Kier molecular flexibility index (Phi) is 5.13. The van der Waals surface area contributed by atoms with Crippen LogP contribution in [0.15, 0.2) is 17.3 Å². The van der Waals surface area contributed by atoms with E-state index in [0.717, 1.165) is 56.5 Å². The standard InChI is InChI=1S/C18H28N6OS/c1-3-24(17-15-4-7-19-16(15)20-12-21(17)2)14-5-8-22(9-6-14)18(25)23-10-11-26-13-23/h4,7,12,14,17,19H,3,5-6,8-11,13H2,1-2H3. The van der Waals surface area contributed by atoms with Gasteiger partial charge in [0.2, 0.25) is 0 Å². The van der Waals surface area contributed by atoms with E-state index in [-0.39, 0.29) is 12.2 Å². The van der Waals surface area contributed by atoms with Crippen LogP contribution in [0.4, 0.5) is 10.6 Å². The van der Waals surface area contributed by atoms with E-state index in [9.17, 15) is 4.79 Å². The molecule has 8 heteroatoms.